The predicted molar refractivity (Wildman–Crippen MR) is 83.4 cm³/mol. The van der Waals surface area contributed by atoms with Crippen LogP contribution in [0.25, 0.3) is 0 Å². The zero-order valence-corrected chi connectivity index (χ0v) is 13.0. The van der Waals surface area contributed by atoms with Crippen LogP contribution in [0.1, 0.15) is 51.5 Å². The molecule has 1 aromatic rings. The van der Waals surface area contributed by atoms with Gasteiger partial charge in [0, 0.05) is 12.3 Å². The summed E-state index contributed by atoms with van der Waals surface area (Å²) in [7, 11) is 0. The fourth-order valence-corrected chi connectivity index (χ4v) is 3.05. The molecule has 2 amide bonds. The number of imide groups is 1. The van der Waals surface area contributed by atoms with E-state index in [2.05, 4.69) is 6.92 Å². The van der Waals surface area contributed by atoms with Crippen molar-refractivity contribution in [2.75, 3.05) is 0 Å². The molecule has 1 heterocycles. The predicted octanol–water partition coefficient (Wildman–Crippen LogP) is 3.78. The molecule has 1 fully saturated rings. The monoisotopic (exact) mass is 287 g/mol. The van der Waals surface area contributed by atoms with E-state index < -0.39 is 0 Å². The van der Waals surface area contributed by atoms with Gasteiger partial charge in [-0.25, -0.2) is 0 Å². The molecule has 0 saturated carbocycles. The van der Waals surface area contributed by atoms with Crippen molar-refractivity contribution in [1.29, 1.82) is 0 Å². The van der Waals surface area contributed by atoms with E-state index in [0.717, 1.165) is 31.2 Å². The van der Waals surface area contributed by atoms with Crippen LogP contribution in [-0.4, -0.2) is 16.7 Å². The van der Waals surface area contributed by atoms with Crippen molar-refractivity contribution < 1.29 is 9.59 Å². The summed E-state index contributed by atoms with van der Waals surface area (Å²) in [6.45, 7) is 4.61. The Labute approximate surface area is 127 Å². The molecule has 3 nitrogen and oxygen atoms in total. The van der Waals surface area contributed by atoms with Gasteiger partial charge < -0.3 is 0 Å². The minimum atomic E-state index is -0.0249. The molecule has 1 aliphatic rings. The van der Waals surface area contributed by atoms with E-state index in [0.29, 0.717) is 13.0 Å². The smallest absolute Gasteiger partial charge is 0.232 e. The first-order valence-electron chi connectivity index (χ1n) is 8.01. The molecule has 0 radical (unpaired) electrons. The molecule has 114 valence electrons. The Morgan fingerprint density at radius 2 is 1.86 bits per heavy atom. The molecule has 2 atom stereocenters. The van der Waals surface area contributed by atoms with Crippen LogP contribution in [0.15, 0.2) is 30.3 Å². The number of likely N-dealkylation sites (tertiary alicyclic amines) is 1. The van der Waals surface area contributed by atoms with Gasteiger partial charge in [0.05, 0.1) is 6.54 Å². The molecule has 1 aliphatic heterocycles. The van der Waals surface area contributed by atoms with Crippen molar-refractivity contribution in [2.24, 2.45) is 11.8 Å². The summed E-state index contributed by atoms with van der Waals surface area (Å²) < 4.78 is 0. The second kappa shape index (κ2) is 7.39. The molecule has 2 rings (SSSR count). The molecule has 3 heteroatoms. The van der Waals surface area contributed by atoms with Crippen LogP contribution in [0.4, 0.5) is 0 Å². The summed E-state index contributed by atoms with van der Waals surface area (Å²) in [5.41, 5.74) is 1.01. The van der Waals surface area contributed by atoms with Gasteiger partial charge in [0.25, 0.3) is 0 Å². The third-order valence-corrected chi connectivity index (χ3v) is 4.37. The lowest BCUT2D eigenvalue weighted by Gasteiger charge is -2.35. The number of nitrogens with zero attached hydrogens (tertiary/aromatic N) is 1. The molecular formula is C18H25NO2. The highest BCUT2D eigenvalue weighted by Gasteiger charge is 2.38. The minimum absolute atomic E-state index is 0.0120. The summed E-state index contributed by atoms with van der Waals surface area (Å²) >= 11 is 0. The maximum Gasteiger partial charge on any atom is 0.232 e. The molecule has 0 unspecified atom stereocenters. The van der Waals surface area contributed by atoms with Gasteiger partial charge >= 0.3 is 0 Å². The van der Waals surface area contributed by atoms with Gasteiger partial charge in [-0.05, 0) is 17.9 Å². The van der Waals surface area contributed by atoms with Gasteiger partial charge in [-0.15, -0.1) is 0 Å². The average Bonchev–Trinajstić information content (AvgIpc) is 2.48. The number of hydrogen-bond acceptors (Lipinski definition) is 2. The number of rotatable bonds is 6. The van der Waals surface area contributed by atoms with E-state index >= 15 is 0 Å². The molecule has 0 aliphatic carbocycles. The lowest BCUT2D eigenvalue weighted by Crippen LogP contribution is -2.47. The number of amides is 2. The van der Waals surface area contributed by atoms with Gasteiger partial charge in [0.2, 0.25) is 11.8 Å². The van der Waals surface area contributed by atoms with Gasteiger partial charge in [0.15, 0.2) is 0 Å². The van der Waals surface area contributed by atoms with E-state index in [9.17, 15) is 9.59 Å². The normalized spacial score (nSPS) is 22.7. The molecule has 0 aromatic heterocycles. The molecule has 1 saturated heterocycles. The number of carbonyl (C=O) groups excluding carboxylic acids is 2. The number of unbranched alkanes of at least 4 members (excludes halogenated alkanes) is 2. The Morgan fingerprint density at radius 3 is 2.52 bits per heavy atom. The van der Waals surface area contributed by atoms with E-state index in [-0.39, 0.29) is 23.7 Å². The lowest BCUT2D eigenvalue weighted by atomic mass is 9.82. The van der Waals surface area contributed by atoms with Gasteiger partial charge in [-0.2, -0.15) is 0 Å². The largest absolute Gasteiger partial charge is 0.278 e. The van der Waals surface area contributed by atoms with Crippen molar-refractivity contribution in [3.8, 4) is 0 Å². The Hall–Kier alpha value is -1.64. The summed E-state index contributed by atoms with van der Waals surface area (Å²) in [6.07, 6.45) is 4.79. The first-order valence-corrected chi connectivity index (χ1v) is 8.01. The standard InChI is InChI=1S/C18H25NO2/c1-3-4-6-11-16-14(2)12-17(20)19(18(16)21)13-15-9-7-5-8-10-15/h5,7-10,14,16H,3-4,6,11-13H2,1-2H3/t14-,16-/m0/s1. The van der Waals surface area contributed by atoms with Gasteiger partial charge in [0.1, 0.15) is 0 Å². The van der Waals surface area contributed by atoms with Crippen LogP contribution in [0.5, 0.6) is 0 Å². The van der Waals surface area contributed by atoms with Gasteiger partial charge in [-0.1, -0.05) is 63.4 Å². The topological polar surface area (TPSA) is 37.4 Å². The zero-order valence-electron chi connectivity index (χ0n) is 13.0. The fourth-order valence-electron chi connectivity index (χ4n) is 3.05. The first kappa shape index (κ1) is 15.7. The van der Waals surface area contributed by atoms with Crippen molar-refractivity contribution in [3.05, 3.63) is 35.9 Å². The van der Waals surface area contributed by atoms with Crippen molar-refractivity contribution in [1.82, 2.24) is 4.90 Å². The van der Waals surface area contributed by atoms with E-state index in [1.807, 2.05) is 37.3 Å². The Bertz CT molecular complexity index is 483. The summed E-state index contributed by atoms with van der Waals surface area (Å²) in [5, 5.41) is 0. The molecule has 1 aromatic carbocycles. The highest BCUT2D eigenvalue weighted by molar-refractivity contribution is 5.99. The van der Waals surface area contributed by atoms with Crippen molar-refractivity contribution >= 4 is 11.8 Å². The lowest BCUT2D eigenvalue weighted by molar-refractivity contribution is -0.155. The SMILES string of the molecule is CCCCC[C@@H]1C(=O)N(Cc2ccccc2)C(=O)C[C@@H]1C. The van der Waals surface area contributed by atoms with Crippen LogP contribution in [0, 0.1) is 11.8 Å². The number of carbonyl (C=O) groups is 2. The highest BCUT2D eigenvalue weighted by atomic mass is 16.2. The van der Waals surface area contributed by atoms with Crippen LogP contribution in [0.2, 0.25) is 0 Å². The molecular weight excluding hydrogens is 262 g/mol. The first-order chi connectivity index (χ1) is 10.1. The molecule has 0 N–H and O–H groups in total. The fraction of sp³-hybridized carbons (Fsp3) is 0.556. The zero-order chi connectivity index (χ0) is 15.2. The Balaban J connectivity index is 2.06. The van der Waals surface area contributed by atoms with Gasteiger partial charge in [-0.3, -0.25) is 14.5 Å². The number of piperidine rings is 1. The highest BCUT2D eigenvalue weighted by Crippen LogP contribution is 2.30. The summed E-state index contributed by atoms with van der Waals surface area (Å²) in [5.74, 6) is 0.189. The maximum atomic E-state index is 12.6. The van der Waals surface area contributed by atoms with Crippen molar-refractivity contribution in [3.63, 3.8) is 0 Å². The van der Waals surface area contributed by atoms with E-state index in [1.54, 1.807) is 0 Å². The van der Waals surface area contributed by atoms with Crippen LogP contribution < -0.4 is 0 Å². The quantitative estimate of drug-likeness (QED) is 0.590. The number of benzene rings is 1. The third kappa shape index (κ3) is 3.93. The van der Waals surface area contributed by atoms with E-state index in [4.69, 9.17) is 0 Å². The van der Waals surface area contributed by atoms with Crippen LogP contribution >= 0.6 is 0 Å². The Kier molecular flexibility index (Phi) is 5.54. The third-order valence-electron chi connectivity index (χ3n) is 4.37. The second-order valence-corrected chi connectivity index (χ2v) is 6.09. The maximum absolute atomic E-state index is 12.6. The second-order valence-electron chi connectivity index (χ2n) is 6.09. The Morgan fingerprint density at radius 1 is 1.14 bits per heavy atom. The average molecular weight is 287 g/mol. The molecule has 21 heavy (non-hydrogen) atoms. The number of hydrogen-bond donors (Lipinski definition) is 0. The molecule has 0 bridgehead atoms. The molecule has 0 spiro atoms. The van der Waals surface area contributed by atoms with Crippen LogP contribution in [0.3, 0.4) is 0 Å². The van der Waals surface area contributed by atoms with Crippen molar-refractivity contribution in [2.45, 2.75) is 52.5 Å². The summed E-state index contributed by atoms with van der Waals surface area (Å²) in [4.78, 5) is 26.3. The summed E-state index contributed by atoms with van der Waals surface area (Å²) in [6, 6.07) is 9.75. The minimum Gasteiger partial charge on any atom is -0.278 e. The van der Waals surface area contributed by atoms with Crippen LogP contribution in [-0.2, 0) is 16.1 Å². The van der Waals surface area contributed by atoms with E-state index in [1.165, 1.54) is 4.90 Å².